The van der Waals surface area contributed by atoms with Gasteiger partial charge in [0.2, 0.25) is 5.91 Å². The zero-order valence-electron chi connectivity index (χ0n) is 13.5. The van der Waals surface area contributed by atoms with Gasteiger partial charge >= 0.3 is 0 Å². The van der Waals surface area contributed by atoms with Crippen LogP contribution in [0.2, 0.25) is 0 Å². The highest BCUT2D eigenvalue weighted by Gasteiger charge is 2.11. The molecule has 0 saturated heterocycles. The molecule has 0 radical (unpaired) electrons. The summed E-state index contributed by atoms with van der Waals surface area (Å²) in [6.07, 6.45) is 2.74. The van der Waals surface area contributed by atoms with Crippen molar-refractivity contribution in [1.82, 2.24) is 14.9 Å². The fourth-order valence-electron chi connectivity index (χ4n) is 2.70. The molecule has 4 heteroatoms. The predicted molar refractivity (Wildman–Crippen MR) is 92.1 cm³/mol. The van der Waals surface area contributed by atoms with Gasteiger partial charge in [0.1, 0.15) is 6.54 Å². The van der Waals surface area contributed by atoms with Crippen LogP contribution >= 0.6 is 0 Å². The molecule has 1 N–H and O–H groups in total. The Labute approximate surface area is 136 Å². The number of nitrogens with zero attached hydrogens (tertiary/aromatic N) is 2. The topological polar surface area (TPSA) is 46.9 Å². The minimum Gasteiger partial charge on any atom is -0.348 e. The molecular formula is C19H21N3O. The Morgan fingerprint density at radius 3 is 2.65 bits per heavy atom. The summed E-state index contributed by atoms with van der Waals surface area (Å²) in [5.74, 6) is -0.0137. The van der Waals surface area contributed by atoms with Gasteiger partial charge in [0.05, 0.1) is 23.4 Å². The Kier molecular flexibility index (Phi) is 4.42. The van der Waals surface area contributed by atoms with Crippen molar-refractivity contribution in [2.24, 2.45) is 0 Å². The highest BCUT2D eigenvalue weighted by atomic mass is 16.2. The number of benzene rings is 2. The third-order valence-corrected chi connectivity index (χ3v) is 4.11. The molecule has 4 nitrogen and oxygen atoms in total. The largest absolute Gasteiger partial charge is 0.348 e. The van der Waals surface area contributed by atoms with Crippen LogP contribution in [0.15, 0.2) is 54.9 Å². The van der Waals surface area contributed by atoms with Gasteiger partial charge in [0, 0.05) is 0 Å². The van der Waals surface area contributed by atoms with Crippen molar-refractivity contribution in [2.75, 3.05) is 0 Å². The van der Waals surface area contributed by atoms with E-state index in [1.807, 2.05) is 35.8 Å². The number of rotatable bonds is 5. The Bertz CT molecular complexity index is 805. The number of hydrogen-bond acceptors (Lipinski definition) is 2. The van der Waals surface area contributed by atoms with Crippen molar-refractivity contribution in [1.29, 1.82) is 0 Å². The zero-order valence-corrected chi connectivity index (χ0v) is 13.5. The molecule has 3 aromatic rings. The average Bonchev–Trinajstić information content (AvgIpc) is 2.98. The second-order valence-corrected chi connectivity index (χ2v) is 5.75. The molecule has 23 heavy (non-hydrogen) atoms. The van der Waals surface area contributed by atoms with Crippen molar-refractivity contribution in [3.05, 3.63) is 66.0 Å². The van der Waals surface area contributed by atoms with Gasteiger partial charge in [-0.3, -0.25) is 4.79 Å². The first-order chi connectivity index (χ1) is 11.2. The number of nitrogens with one attached hydrogen (secondary N) is 1. The normalized spacial score (nSPS) is 12.3. The molecule has 2 aromatic carbocycles. The van der Waals surface area contributed by atoms with E-state index in [1.54, 1.807) is 6.33 Å². The maximum absolute atomic E-state index is 12.3. The second-order valence-electron chi connectivity index (χ2n) is 5.75. The van der Waals surface area contributed by atoms with Crippen LogP contribution in [0, 0.1) is 0 Å². The molecule has 3 rings (SSSR count). The van der Waals surface area contributed by atoms with Crippen LogP contribution in [0.25, 0.3) is 11.0 Å². The van der Waals surface area contributed by atoms with E-state index in [0.29, 0.717) is 0 Å². The summed E-state index contributed by atoms with van der Waals surface area (Å²) >= 11 is 0. The number of fused-ring (bicyclic) bond motifs is 1. The highest BCUT2D eigenvalue weighted by molar-refractivity contribution is 5.80. The molecular weight excluding hydrogens is 286 g/mol. The summed E-state index contributed by atoms with van der Waals surface area (Å²) in [5.41, 5.74) is 4.30. The van der Waals surface area contributed by atoms with E-state index in [4.69, 9.17) is 0 Å². The number of aromatic nitrogens is 2. The molecule has 0 saturated carbocycles. The molecule has 0 spiro atoms. The Morgan fingerprint density at radius 2 is 1.91 bits per heavy atom. The zero-order chi connectivity index (χ0) is 16.2. The number of hydrogen-bond donors (Lipinski definition) is 1. The van der Waals surface area contributed by atoms with Gasteiger partial charge in [-0.15, -0.1) is 0 Å². The van der Waals surface area contributed by atoms with E-state index >= 15 is 0 Å². The van der Waals surface area contributed by atoms with Crippen molar-refractivity contribution in [3.63, 3.8) is 0 Å². The van der Waals surface area contributed by atoms with E-state index in [1.165, 1.54) is 5.56 Å². The summed E-state index contributed by atoms with van der Waals surface area (Å²) in [5, 5.41) is 3.05. The lowest BCUT2D eigenvalue weighted by Gasteiger charge is -2.15. The smallest absolute Gasteiger partial charge is 0.240 e. The number of carbonyl (C=O) groups is 1. The van der Waals surface area contributed by atoms with Crippen molar-refractivity contribution in [3.8, 4) is 0 Å². The maximum atomic E-state index is 12.3. The lowest BCUT2D eigenvalue weighted by Crippen LogP contribution is -2.29. The molecule has 118 valence electrons. The molecule has 1 heterocycles. The molecule has 0 bridgehead atoms. The molecule has 0 aliphatic heterocycles. The Balaban J connectivity index is 1.66. The fourth-order valence-corrected chi connectivity index (χ4v) is 2.70. The first-order valence-electron chi connectivity index (χ1n) is 7.95. The summed E-state index contributed by atoms with van der Waals surface area (Å²) in [7, 11) is 0. The van der Waals surface area contributed by atoms with Gasteiger partial charge in [-0.1, -0.05) is 43.3 Å². The lowest BCUT2D eigenvalue weighted by atomic mass is 10.1. The summed E-state index contributed by atoms with van der Waals surface area (Å²) in [4.78, 5) is 16.6. The number of para-hydroxylation sites is 2. The van der Waals surface area contributed by atoms with Gasteiger partial charge in [0.15, 0.2) is 0 Å². The third kappa shape index (κ3) is 3.42. The van der Waals surface area contributed by atoms with Crippen LogP contribution in [0.1, 0.15) is 31.0 Å². The lowest BCUT2D eigenvalue weighted by molar-refractivity contribution is -0.122. The standard InChI is InChI=1S/C19H21N3O/c1-3-15-8-10-16(11-9-15)14(2)21-19(23)12-22-13-20-17-6-4-5-7-18(17)22/h4-11,13-14H,3,12H2,1-2H3,(H,21,23)/t14-/m0/s1. The van der Waals surface area contributed by atoms with E-state index in [2.05, 4.69) is 41.5 Å². The van der Waals surface area contributed by atoms with E-state index in [-0.39, 0.29) is 18.5 Å². The molecule has 1 aromatic heterocycles. The monoisotopic (exact) mass is 307 g/mol. The van der Waals surface area contributed by atoms with Crippen LogP contribution in [0.3, 0.4) is 0 Å². The molecule has 1 amide bonds. The van der Waals surface area contributed by atoms with Crippen LogP contribution in [0.5, 0.6) is 0 Å². The van der Waals surface area contributed by atoms with Crippen LogP contribution in [0.4, 0.5) is 0 Å². The van der Waals surface area contributed by atoms with Crippen LogP contribution in [-0.2, 0) is 17.8 Å². The highest BCUT2D eigenvalue weighted by Crippen LogP contribution is 2.15. The van der Waals surface area contributed by atoms with Crippen molar-refractivity contribution in [2.45, 2.75) is 32.9 Å². The van der Waals surface area contributed by atoms with E-state index in [9.17, 15) is 4.79 Å². The third-order valence-electron chi connectivity index (χ3n) is 4.11. The molecule has 0 aliphatic carbocycles. The molecule has 0 aliphatic rings. The predicted octanol–water partition coefficient (Wildman–Crippen LogP) is 3.48. The number of carbonyl (C=O) groups excluding carboxylic acids is 1. The summed E-state index contributed by atoms with van der Waals surface area (Å²) in [6.45, 7) is 4.42. The van der Waals surface area contributed by atoms with Crippen LogP contribution in [-0.4, -0.2) is 15.5 Å². The number of amides is 1. The average molecular weight is 307 g/mol. The number of imidazole rings is 1. The second kappa shape index (κ2) is 6.65. The van der Waals surface area contributed by atoms with E-state index in [0.717, 1.165) is 23.0 Å². The van der Waals surface area contributed by atoms with Gasteiger partial charge in [-0.2, -0.15) is 0 Å². The molecule has 0 fully saturated rings. The minimum absolute atomic E-state index is 0.0109. The maximum Gasteiger partial charge on any atom is 0.240 e. The van der Waals surface area contributed by atoms with Gasteiger partial charge in [-0.05, 0) is 36.6 Å². The Hall–Kier alpha value is -2.62. The van der Waals surface area contributed by atoms with Crippen molar-refractivity contribution < 1.29 is 4.79 Å². The fraction of sp³-hybridized carbons (Fsp3) is 0.263. The molecule has 0 unspecified atom stereocenters. The summed E-state index contributed by atoms with van der Waals surface area (Å²) < 4.78 is 1.87. The molecule has 1 atom stereocenters. The quantitative estimate of drug-likeness (QED) is 0.784. The SMILES string of the molecule is CCc1ccc([C@H](C)NC(=O)Cn2cnc3ccccc32)cc1. The van der Waals surface area contributed by atoms with Crippen LogP contribution < -0.4 is 5.32 Å². The van der Waals surface area contributed by atoms with Gasteiger partial charge < -0.3 is 9.88 Å². The first-order valence-corrected chi connectivity index (χ1v) is 7.95. The first kappa shape index (κ1) is 15.3. The summed E-state index contributed by atoms with van der Waals surface area (Å²) in [6, 6.07) is 16.2. The minimum atomic E-state index is -0.0137. The number of aryl methyl sites for hydroxylation is 1. The van der Waals surface area contributed by atoms with Gasteiger partial charge in [0.25, 0.3) is 0 Å². The van der Waals surface area contributed by atoms with Gasteiger partial charge in [-0.25, -0.2) is 4.98 Å². The van der Waals surface area contributed by atoms with E-state index < -0.39 is 0 Å². The van der Waals surface area contributed by atoms with Crippen molar-refractivity contribution >= 4 is 16.9 Å². The Morgan fingerprint density at radius 1 is 1.17 bits per heavy atom.